The van der Waals surface area contributed by atoms with Gasteiger partial charge in [0.1, 0.15) is 12.7 Å². The first-order valence-corrected chi connectivity index (χ1v) is 14.8. The van der Waals surface area contributed by atoms with Crippen LogP contribution in [0.2, 0.25) is 0 Å². The molecule has 45 heavy (non-hydrogen) atoms. The Hall–Kier alpha value is -3.18. The van der Waals surface area contributed by atoms with E-state index in [4.69, 9.17) is 18.9 Å². The molecule has 1 aliphatic carbocycles. The van der Waals surface area contributed by atoms with Crippen LogP contribution in [-0.2, 0) is 19.0 Å². The first-order valence-electron chi connectivity index (χ1n) is 14.8. The van der Waals surface area contributed by atoms with Gasteiger partial charge in [-0.15, -0.1) is 0 Å². The minimum atomic E-state index is -3.91. The predicted molar refractivity (Wildman–Crippen MR) is 165 cm³/mol. The number of hydrogen-bond acceptors (Lipinski definition) is 8. The van der Waals surface area contributed by atoms with Gasteiger partial charge in [0.15, 0.2) is 28.8 Å². The van der Waals surface area contributed by atoms with E-state index >= 15 is 0 Å². The molecule has 1 saturated carbocycles. The van der Waals surface area contributed by atoms with Crippen molar-refractivity contribution in [3.63, 3.8) is 0 Å². The summed E-state index contributed by atoms with van der Waals surface area (Å²) >= 11 is 0. The molecular weight excluding hydrogens is 593 g/mol. The molecule has 11 heteroatoms. The number of carbonyl (C=O) groups is 1. The molecule has 2 aromatic carbocycles. The van der Waals surface area contributed by atoms with Crippen LogP contribution in [0.3, 0.4) is 0 Å². The number of carbonyl (C=O) groups excluding carboxylic acids is 1. The van der Waals surface area contributed by atoms with Crippen LogP contribution in [0.1, 0.15) is 79.7 Å². The lowest BCUT2D eigenvalue weighted by Gasteiger charge is -2.31. The molecule has 2 aromatic rings. The summed E-state index contributed by atoms with van der Waals surface area (Å²) < 4.78 is 73.5. The summed E-state index contributed by atoms with van der Waals surface area (Å²) in [6, 6.07) is 12.1. The first kappa shape index (κ1) is 38.0. The molecule has 254 valence electrons. The number of para-hydroxylation sites is 2. The average Bonchev–Trinajstić information content (AvgIpc) is 3.53. The molecule has 0 radical (unpaired) electrons. The minimum absolute atomic E-state index is 0. The van der Waals surface area contributed by atoms with Crippen molar-refractivity contribution in [2.45, 2.75) is 112 Å². The Bertz CT molecular complexity index is 1200. The SMILES string of the molecule is C.C.CC1CCOC1=O.CC1COC2(CCCCC2)O1.CC1COc2ccccc2O1.Cc1ccc2c(c1)OC(F)C(F)(F)O2. The lowest BCUT2D eigenvalue weighted by molar-refractivity contribution is -0.281. The molecule has 4 atom stereocenters. The number of rotatable bonds is 0. The van der Waals surface area contributed by atoms with E-state index in [-0.39, 0.29) is 50.1 Å². The van der Waals surface area contributed by atoms with Gasteiger partial charge >= 0.3 is 18.4 Å². The highest BCUT2D eigenvalue weighted by Gasteiger charge is 2.49. The molecular formula is C34H49F3O8. The summed E-state index contributed by atoms with van der Waals surface area (Å²) in [6.45, 7) is 9.77. The maximum Gasteiger partial charge on any atom is 0.468 e. The number of benzene rings is 2. The Kier molecular flexibility index (Phi) is 14.3. The molecule has 4 unspecified atom stereocenters. The lowest BCUT2D eigenvalue weighted by Crippen LogP contribution is -2.43. The third-order valence-corrected chi connectivity index (χ3v) is 7.30. The van der Waals surface area contributed by atoms with Gasteiger partial charge in [-0.05, 0) is 69.9 Å². The Morgan fingerprint density at radius 3 is 2.07 bits per heavy atom. The van der Waals surface area contributed by atoms with E-state index in [0.717, 1.165) is 42.9 Å². The number of alkyl halides is 3. The zero-order valence-electron chi connectivity index (χ0n) is 25.1. The van der Waals surface area contributed by atoms with E-state index in [1.807, 2.05) is 38.1 Å². The second kappa shape index (κ2) is 16.9. The lowest BCUT2D eigenvalue weighted by atomic mass is 9.94. The Morgan fingerprint density at radius 2 is 1.49 bits per heavy atom. The summed E-state index contributed by atoms with van der Waals surface area (Å²) in [4.78, 5) is 10.4. The third-order valence-electron chi connectivity index (χ3n) is 7.30. The molecule has 0 N–H and O–H groups in total. The molecule has 0 aromatic heterocycles. The van der Waals surface area contributed by atoms with Gasteiger partial charge in [-0.2, -0.15) is 13.2 Å². The standard InChI is InChI=1S/C9H7F3O2.C9H10O2.C9H16O2.C5H8O2.2CH4/c1-5-2-3-6-7(4-5)13-8(10)9(11,12)14-6;1-7-6-10-8-4-2-3-5-9(8)11-7;1-8-7-10-9(11-8)5-3-2-4-6-9;1-4-2-3-7-5(4)6;;/h2-4,8H,1H3;2-5,7H,6H2,1H3;8H,2-7H2,1H3;4H,2-3H2,1H3;2*1H4. The van der Waals surface area contributed by atoms with Crippen LogP contribution in [0.25, 0.3) is 0 Å². The summed E-state index contributed by atoms with van der Waals surface area (Å²) in [5.74, 6) is 1.52. The van der Waals surface area contributed by atoms with Gasteiger partial charge in [-0.25, -0.2) is 0 Å². The summed E-state index contributed by atoms with van der Waals surface area (Å²) in [7, 11) is 0. The van der Waals surface area contributed by atoms with Gasteiger partial charge in [0, 0.05) is 12.8 Å². The predicted octanol–water partition coefficient (Wildman–Crippen LogP) is 8.42. The van der Waals surface area contributed by atoms with Crippen molar-refractivity contribution in [3.05, 3.63) is 48.0 Å². The number of hydrogen-bond donors (Lipinski definition) is 0. The van der Waals surface area contributed by atoms with E-state index in [0.29, 0.717) is 19.3 Å². The van der Waals surface area contributed by atoms with Crippen molar-refractivity contribution in [3.8, 4) is 23.0 Å². The zero-order valence-corrected chi connectivity index (χ0v) is 25.1. The fourth-order valence-electron chi connectivity index (χ4n) is 4.94. The minimum Gasteiger partial charge on any atom is -0.486 e. The highest BCUT2D eigenvalue weighted by atomic mass is 19.3. The van der Waals surface area contributed by atoms with Crippen molar-refractivity contribution < 1.29 is 51.1 Å². The van der Waals surface area contributed by atoms with Crippen LogP contribution in [0, 0.1) is 12.8 Å². The molecule has 3 fully saturated rings. The fraction of sp³-hybridized carbons (Fsp3) is 0.618. The van der Waals surface area contributed by atoms with Crippen molar-refractivity contribution >= 4 is 5.97 Å². The molecule has 4 aliphatic heterocycles. The summed E-state index contributed by atoms with van der Waals surface area (Å²) in [5, 5.41) is 0. The largest absolute Gasteiger partial charge is 0.486 e. The van der Waals surface area contributed by atoms with Crippen LogP contribution in [-0.4, -0.2) is 56.3 Å². The van der Waals surface area contributed by atoms with Crippen molar-refractivity contribution in [1.29, 1.82) is 0 Å². The van der Waals surface area contributed by atoms with E-state index in [1.165, 1.54) is 31.4 Å². The van der Waals surface area contributed by atoms with Crippen LogP contribution < -0.4 is 18.9 Å². The second-order valence-corrected chi connectivity index (χ2v) is 11.3. The van der Waals surface area contributed by atoms with Gasteiger partial charge in [-0.1, -0.05) is 46.4 Å². The topological polar surface area (TPSA) is 81.7 Å². The normalized spacial score (nSPS) is 26.1. The monoisotopic (exact) mass is 642 g/mol. The number of fused-ring (bicyclic) bond motifs is 2. The number of cyclic esters (lactones) is 1. The summed E-state index contributed by atoms with van der Waals surface area (Å²) in [5.41, 5.74) is 0.782. The molecule has 0 bridgehead atoms. The van der Waals surface area contributed by atoms with Crippen molar-refractivity contribution in [2.24, 2.45) is 5.92 Å². The molecule has 5 aliphatic rings. The molecule has 0 amide bonds. The third kappa shape index (κ3) is 10.7. The maximum absolute atomic E-state index is 12.7. The molecule has 1 spiro atoms. The van der Waals surface area contributed by atoms with E-state index in [9.17, 15) is 18.0 Å². The van der Waals surface area contributed by atoms with Crippen LogP contribution in [0.5, 0.6) is 23.0 Å². The van der Waals surface area contributed by atoms with E-state index in [1.54, 1.807) is 13.0 Å². The Balaban J connectivity index is 0.000000211. The second-order valence-electron chi connectivity index (χ2n) is 11.3. The van der Waals surface area contributed by atoms with Crippen molar-refractivity contribution in [2.75, 3.05) is 19.8 Å². The van der Waals surface area contributed by atoms with Gasteiger partial charge in [-0.3, -0.25) is 4.79 Å². The molecule has 2 saturated heterocycles. The van der Waals surface area contributed by atoms with Gasteiger partial charge in [0.05, 0.1) is 25.2 Å². The highest BCUT2D eigenvalue weighted by molar-refractivity contribution is 5.73. The summed E-state index contributed by atoms with van der Waals surface area (Å²) in [6.07, 6.45) is 0.827. The average molecular weight is 643 g/mol. The van der Waals surface area contributed by atoms with Crippen LogP contribution in [0.15, 0.2) is 42.5 Å². The van der Waals surface area contributed by atoms with E-state index in [2.05, 4.69) is 21.1 Å². The maximum atomic E-state index is 12.7. The van der Waals surface area contributed by atoms with Crippen LogP contribution >= 0.6 is 0 Å². The zero-order chi connectivity index (χ0) is 31.0. The number of halogens is 3. The molecule has 4 heterocycles. The van der Waals surface area contributed by atoms with Crippen molar-refractivity contribution in [1.82, 2.24) is 0 Å². The van der Waals surface area contributed by atoms with E-state index < -0.39 is 12.5 Å². The number of ether oxygens (including phenoxy) is 7. The molecule has 8 nitrogen and oxygen atoms in total. The van der Waals surface area contributed by atoms with Crippen LogP contribution in [0.4, 0.5) is 13.2 Å². The van der Waals surface area contributed by atoms with Gasteiger partial charge < -0.3 is 33.2 Å². The van der Waals surface area contributed by atoms with Gasteiger partial charge in [0.2, 0.25) is 0 Å². The highest BCUT2D eigenvalue weighted by Crippen LogP contribution is 2.41. The van der Waals surface area contributed by atoms with Gasteiger partial charge in [0.25, 0.3) is 0 Å². The Morgan fingerprint density at radius 1 is 0.800 bits per heavy atom. The number of esters is 1. The Labute approximate surface area is 265 Å². The first-order chi connectivity index (χ1) is 20.5. The molecule has 7 rings (SSSR count). The smallest absolute Gasteiger partial charge is 0.468 e. The number of aryl methyl sites for hydroxylation is 1. The quantitative estimate of drug-likeness (QED) is 0.265. The fourth-order valence-corrected chi connectivity index (χ4v) is 4.94.